The quantitative estimate of drug-likeness (QED) is 0.337. The summed E-state index contributed by atoms with van der Waals surface area (Å²) in [6.07, 6.45) is 2.85. The molecule has 0 aromatic carbocycles. The molecule has 1 aliphatic heterocycles. The first-order valence-corrected chi connectivity index (χ1v) is 12.4. The van der Waals surface area contributed by atoms with Crippen LogP contribution in [0.2, 0.25) is 0 Å². The third kappa shape index (κ3) is 4.57. The van der Waals surface area contributed by atoms with Gasteiger partial charge in [0.15, 0.2) is 17.1 Å². The minimum absolute atomic E-state index is 0.0276. The number of hydrogen-bond acceptors (Lipinski definition) is 7. The highest BCUT2D eigenvalue weighted by atomic mass is 19.3. The molecule has 0 N–H and O–H groups in total. The van der Waals surface area contributed by atoms with Crippen LogP contribution in [0.3, 0.4) is 0 Å². The molecule has 1 aliphatic rings. The summed E-state index contributed by atoms with van der Waals surface area (Å²) in [7, 11) is 1.66. The Bertz CT molecular complexity index is 1600. The van der Waals surface area contributed by atoms with Gasteiger partial charge in [-0.2, -0.15) is 18.4 Å². The third-order valence-electron chi connectivity index (χ3n) is 6.93. The molecule has 39 heavy (non-hydrogen) atoms. The van der Waals surface area contributed by atoms with E-state index in [9.17, 15) is 14.0 Å². The highest BCUT2D eigenvalue weighted by Gasteiger charge is 2.41. The van der Waals surface area contributed by atoms with Gasteiger partial charge in [-0.05, 0) is 32.9 Å². The van der Waals surface area contributed by atoms with Crippen LogP contribution in [0, 0.1) is 17.3 Å². The number of pyridine rings is 2. The summed E-state index contributed by atoms with van der Waals surface area (Å²) in [5, 5.41) is 22.0. The van der Waals surface area contributed by atoms with Crippen molar-refractivity contribution in [2.75, 3.05) is 18.0 Å². The lowest BCUT2D eigenvalue weighted by Crippen LogP contribution is -2.42. The molecule has 0 unspecified atom stereocenters. The van der Waals surface area contributed by atoms with Crippen LogP contribution in [0.15, 0.2) is 24.7 Å². The van der Waals surface area contributed by atoms with E-state index in [0.29, 0.717) is 6.92 Å². The monoisotopic (exact) mass is 541 g/mol. The van der Waals surface area contributed by atoms with Crippen LogP contribution in [0.5, 0.6) is 0 Å². The summed E-state index contributed by atoms with van der Waals surface area (Å²) in [5.74, 6) is -3.78. The zero-order valence-corrected chi connectivity index (χ0v) is 22.2. The van der Waals surface area contributed by atoms with E-state index in [1.807, 2.05) is 6.07 Å². The number of alkyl halides is 3. The van der Waals surface area contributed by atoms with E-state index in [4.69, 9.17) is 0 Å². The summed E-state index contributed by atoms with van der Waals surface area (Å²) in [5.41, 5.74) is -2.40. The van der Waals surface area contributed by atoms with Crippen LogP contribution in [0.4, 0.5) is 23.2 Å². The molecular weight excluding hydrogens is 514 g/mol. The van der Waals surface area contributed by atoms with Gasteiger partial charge in [0, 0.05) is 51.7 Å². The maximum atomic E-state index is 15.8. The first-order valence-electron chi connectivity index (χ1n) is 12.4. The average molecular weight is 542 g/mol. The number of aromatic nitrogens is 7. The highest BCUT2D eigenvalue weighted by molar-refractivity contribution is 5.86. The van der Waals surface area contributed by atoms with Crippen LogP contribution in [-0.2, 0) is 24.2 Å². The van der Waals surface area contributed by atoms with E-state index < -0.39 is 28.8 Å². The number of fused-ring (bicyclic) bond motifs is 1. The summed E-state index contributed by atoms with van der Waals surface area (Å²) in [6.45, 7) is 6.36. The first kappa shape index (κ1) is 26.5. The molecule has 0 spiro atoms. The molecule has 0 aliphatic carbocycles. The number of nitrogens with zero attached hydrogens (tertiary/aromatic N) is 9. The highest BCUT2D eigenvalue weighted by Crippen LogP contribution is 2.42. The predicted octanol–water partition coefficient (Wildman–Crippen LogP) is 4.96. The van der Waals surface area contributed by atoms with Crippen LogP contribution >= 0.6 is 0 Å². The topological polar surface area (TPSA) is 101 Å². The summed E-state index contributed by atoms with van der Waals surface area (Å²) in [4.78, 5) is 10.3. The van der Waals surface area contributed by atoms with E-state index in [0.717, 1.165) is 6.07 Å². The Balaban J connectivity index is 1.64. The van der Waals surface area contributed by atoms with Gasteiger partial charge in [0.1, 0.15) is 18.1 Å². The molecule has 204 valence electrons. The van der Waals surface area contributed by atoms with E-state index in [2.05, 4.69) is 25.3 Å². The van der Waals surface area contributed by atoms with Crippen molar-refractivity contribution in [2.45, 2.75) is 57.7 Å². The van der Waals surface area contributed by atoms with Crippen molar-refractivity contribution in [1.82, 2.24) is 34.5 Å². The first-order chi connectivity index (χ1) is 18.2. The maximum absolute atomic E-state index is 15.8. The Labute approximate surface area is 222 Å². The predicted molar refractivity (Wildman–Crippen MR) is 135 cm³/mol. The second kappa shape index (κ2) is 9.00. The molecular formula is C26H27F4N9. The van der Waals surface area contributed by atoms with Gasteiger partial charge in [-0.3, -0.25) is 0 Å². The number of halogens is 4. The van der Waals surface area contributed by atoms with Gasteiger partial charge in [0.25, 0.3) is 5.92 Å². The molecule has 0 bridgehead atoms. The van der Waals surface area contributed by atoms with Crippen molar-refractivity contribution in [3.8, 4) is 17.3 Å². The van der Waals surface area contributed by atoms with Gasteiger partial charge in [-0.1, -0.05) is 0 Å². The fourth-order valence-electron chi connectivity index (χ4n) is 4.88. The van der Waals surface area contributed by atoms with Crippen LogP contribution < -0.4 is 4.90 Å². The normalized spacial score (nSPS) is 16.1. The molecule has 5 rings (SSSR count). The minimum atomic E-state index is -3.35. The molecule has 1 saturated heterocycles. The van der Waals surface area contributed by atoms with Crippen LogP contribution in [0.1, 0.15) is 57.6 Å². The van der Waals surface area contributed by atoms with Crippen molar-refractivity contribution in [1.29, 1.82) is 5.26 Å². The minimum Gasteiger partial charge on any atom is -0.368 e. The lowest BCUT2D eigenvalue weighted by atomic mass is 9.91. The molecule has 5 heterocycles. The zero-order valence-electron chi connectivity index (χ0n) is 22.2. The van der Waals surface area contributed by atoms with Crippen molar-refractivity contribution >= 4 is 16.7 Å². The number of rotatable bonds is 4. The molecule has 0 amide bonds. The second-order valence-corrected chi connectivity index (χ2v) is 10.9. The second-order valence-electron chi connectivity index (χ2n) is 10.9. The zero-order chi connectivity index (χ0) is 28.3. The van der Waals surface area contributed by atoms with E-state index in [1.54, 1.807) is 32.7 Å². The summed E-state index contributed by atoms with van der Waals surface area (Å²) < 4.78 is 62.8. The molecule has 1 fully saturated rings. The Kier molecular flexibility index (Phi) is 6.12. The van der Waals surface area contributed by atoms with Gasteiger partial charge in [-0.15, -0.1) is 15.3 Å². The lowest BCUT2D eigenvalue weighted by molar-refractivity contribution is 0.0128. The molecule has 4 aromatic heterocycles. The lowest BCUT2D eigenvalue weighted by Gasteiger charge is -2.38. The maximum Gasteiger partial charge on any atom is 0.287 e. The number of anilines is 1. The fourth-order valence-corrected chi connectivity index (χ4v) is 4.88. The number of nitriles is 1. The third-order valence-corrected chi connectivity index (χ3v) is 6.93. The Hall–Kier alpha value is -4.08. The molecule has 0 radical (unpaired) electrons. The van der Waals surface area contributed by atoms with Gasteiger partial charge in [0.2, 0.25) is 5.95 Å². The molecule has 9 nitrogen and oxygen atoms in total. The largest absolute Gasteiger partial charge is 0.368 e. The summed E-state index contributed by atoms with van der Waals surface area (Å²) >= 11 is 0. The van der Waals surface area contributed by atoms with Gasteiger partial charge >= 0.3 is 0 Å². The molecule has 0 atom stereocenters. The van der Waals surface area contributed by atoms with Gasteiger partial charge in [-0.25, -0.2) is 19.0 Å². The Morgan fingerprint density at radius 1 is 1.10 bits per heavy atom. The average Bonchev–Trinajstić information content (AvgIpc) is 3.46. The van der Waals surface area contributed by atoms with E-state index >= 15 is 8.78 Å². The SMILES string of the molecule is Cn1cnnc1C1(F)CCN(c2c(C#N)cc(C(C)(F)F)nc2-c2cnc3nn(C(C)(C)C)c(F)c3c2)CC1. The molecule has 4 aromatic rings. The number of hydrogen-bond donors (Lipinski definition) is 0. The number of piperidine rings is 1. The van der Waals surface area contributed by atoms with Gasteiger partial charge < -0.3 is 9.47 Å². The molecule has 13 heteroatoms. The standard InChI is InChI=1S/C26H27F4N9/c1-24(2,3)39-21(27)17-10-16(13-32-22(17)36-39)19-20(15(12-31)11-18(34-19)25(4,28)29)38-8-6-26(30,7-9-38)23-35-33-14-37(23)5/h10-11,13-14H,6-9H2,1-5H3. The molecule has 0 saturated carbocycles. The van der Waals surface area contributed by atoms with Crippen LogP contribution in [-0.4, -0.2) is 47.6 Å². The fraction of sp³-hybridized carbons (Fsp3) is 0.462. The van der Waals surface area contributed by atoms with Crippen molar-refractivity contribution in [3.05, 3.63) is 47.7 Å². The van der Waals surface area contributed by atoms with Crippen molar-refractivity contribution < 1.29 is 17.6 Å². The van der Waals surface area contributed by atoms with Gasteiger partial charge in [0.05, 0.1) is 27.9 Å². The number of aryl methyl sites for hydroxylation is 1. The van der Waals surface area contributed by atoms with E-state index in [1.165, 1.54) is 27.8 Å². The van der Waals surface area contributed by atoms with Crippen LogP contribution in [0.25, 0.3) is 22.3 Å². The smallest absolute Gasteiger partial charge is 0.287 e. The van der Waals surface area contributed by atoms with Crippen molar-refractivity contribution in [3.63, 3.8) is 0 Å². The summed E-state index contributed by atoms with van der Waals surface area (Å²) in [6, 6.07) is 4.49. The Morgan fingerprint density at radius 3 is 2.36 bits per heavy atom. The van der Waals surface area contributed by atoms with E-state index in [-0.39, 0.29) is 65.3 Å². The Morgan fingerprint density at radius 2 is 1.79 bits per heavy atom. The van der Waals surface area contributed by atoms with Crippen molar-refractivity contribution in [2.24, 2.45) is 7.05 Å².